The van der Waals surface area contributed by atoms with Crippen LogP contribution in [0.25, 0.3) is 0 Å². The first-order valence-corrected chi connectivity index (χ1v) is 3.35. The van der Waals surface area contributed by atoms with Crippen LogP contribution in [0.2, 0.25) is 19.0 Å². The minimum absolute atomic E-state index is 0. The van der Waals surface area contributed by atoms with Crippen molar-refractivity contribution in [1.82, 2.24) is 0 Å². The van der Waals surface area contributed by atoms with Gasteiger partial charge in [-0.1, -0.05) is 39.7 Å². The van der Waals surface area contributed by atoms with Crippen molar-refractivity contribution in [3.8, 4) is 0 Å². The molecule has 0 rings (SSSR count). The minimum Gasteiger partial charge on any atom is -0.0770 e. The molecular weight excluding hydrogens is 142 g/mol. The number of rotatable bonds is 3. The number of hydrogen-bond donors (Lipinski definition) is 0. The van der Waals surface area contributed by atoms with E-state index < -0.39 is 0 Å². The Bertz CT molecular complexity index is 32.5. The summed E-state index contributed by atoms with van der Waals surface area (Å²) in [7, 11) is 0. The molecule has 0 heterocycles. The third kappa shape index (κ3) is 8.84. The second-order valence-corrected chi connectivity index (χ2v) is 2.09. The summed E-state index contributed by atoms with van der Waals surface area (Å²) in [6.45, 7) is 7.77. The van der Waals surface area contributed by atoms with Crippen molar-refractivity contribution in [2.24, 2.45) is 0 Å². The summed E-state index contributed by atoms with van der Waals surface area (Å²) in [6.07, 6.45) is 4.06. The molecule has 52 valence electrons. The van der Waals surface area contributed by atoms with E-state index in [1.54, 1.807) is 0 Å². The van der Waals surface area contributed by atoms with Gasteiger partial charge in [-0.15, -0.1) is 0 Å². The molecule has 9 heavy (non-hydrogen) atoms. The van der Waals surface area contributed by atoms with Crippen molar-refractivity contribution in [3.05, 3.63) is 0 Å². The molecule has 0 unspecified atom stereocenters. The van der Waals surface area contributed by atoms with Gasteiger partial charge in [0.2, 0.25) is 0 Å². The van der Waals surface area contributed by atoms with Gasteiger partial charge in [0.15, 0.2) is 0 Å². The molecule has 0 saturated heterocycles. The molecule has 0 bridgehead atoms. The molecule has 0 aliphatic rings. The summed E-state index contributed by atoms with van der Waals surface area (Å²) in [4.78, 5) is 0. The van der Waals surface area contributed by atoms with Crippen LogP contribution in [-0.4, -0.2) is 15.1 Å². The van der Waals surface area contributed by atoms with Crippen molar-refractivity contribution in [1.29, 1.82) is 0 Å². The Labute approximate surface area is 76.7 Å². The van der Waals surface area contributed by atoms with Crippen molar-refractivity contribution in [3.63, 3.8) is 0 Å². The van der Waals surface area contributed by atoms with E-state index in [0.717, 1.165) is 6.71 Å². The molecule has 0 N–H and O–H groups in total. The largest absolute Gasteiger partial charge is 0.139 e. The zero-order valence-electron chi connectivity index (χ0n) is 6.20. The average Bonchev–Trinajstić information content (AvgIpc) is 1.72. The molecule has 0 nitrogen and oxygen atoms in total. The quantitative estimate of drug-likeness (QED) is 0.546. The van der Waals surface area contributed by atoms with Gasteiger partial charge < -0.3 is 0 Å². The van der Waals surface area contributed by atoms with E-state index in [-0.39, 0.29) is 30.1 Å². The Balaban J connectivity index is -0.000000180. The Morgan fingerprint density at radius 1 is 0.889 bits per heavy atom. The topological polar surface area (TPSA) is 0 Å². The third-order valence-corrected chi connectivity index (χ3v) is 1.73. The molecule has 0 radical (unpaired) electrons. The average molecular weight is 160 g/mol. The fourth-order valence-electron chi connectivity index (χ4n) is 0.866. The van der Waals surface area contributed by atoms with Crippen LogP contribution in [0.4, 0.5) is 0 Å². The van der Waals surface area contributed by atoms with Crippen LogP contribution in [0.5, 0.6) is 0 Å². The fourth-order valence-corrected chi connectivity index (χ4v) is 0.866. The summed E-state index contributed by atoms with van der Waals surface area (Å²) >= 11 is 0. The number of hydrogen-bond acceptors (Lipinski definition) is 0. The smallest absolute Gasteiger partial charge is 0.0770 e. The molecule has 0 spiro atoms. The zero-order valence-corrected chi connectivity index (χ0v) is 7.76. The van der Waals surface area contributed by atoms with Gasteiger partial charge in [0.25, 0.3) is 0 Å². The van der Waals surface area contributed by atoms with E-state index in [1.165, 1.54) is 19.0 Å². The van der Waals surface area contributed by atoms with Crippen LogP contribution in [-0.2, 0) is 21.7 Å². The van der Waals surface area contributed by atoms with E-state index in [1.807, 2.05) is 0 Å². The molecular formula is C6H18B2Ti. The van der Waals surface area contributed by atoms with Crippen molar-refractivity contribution >= 4 is 15.1 Å². The second-order valence-electron chi connectivity index (χ2n) is 2.09. The summed E-state index contributed by atoms with van der Waals surface area (Å²) in [5.74, 6) is 0. The van der Waals surface area contributed by atoms with Gasteiger partial charge in [0.05, 0.1) is 8.41 Å². The molecule has 0 amide bonds. The van der Waals surface area contributed by atoms with Crippen LogP contribution in [0, 0.1) is 0 Å². The normalized spacial score (nSPS) is 7.00. The maximum absolute atomic E-state index is 2.26. The summed E-state index contributed by atoms with van der Waals surface area (Å²) < 4.78 is 0. The zero-order chi connectivity index (χ0) is 5.70. The van der Waals surface area contributed by atoms with E-state index in [2.05, 4.69) is 20.8 Å². The van der Waals surface area contributed by atoms with Gasteiger partial charge in [-0.2, -0.15) is 0 Å². The summed E-state index contributed by atoms with van der Waals surface area (Å²) in [5.41, 5.74) is 0. The molecule has 0 saturated carbocycles. The summed E-state index contributed by atoms with van der Waals surface area (Å²) in [5, 5.41) is 0. The first-order chi connectivity index (χ1) is 3.35. The molecule has 3 heteroatoms. The minimum atomic E-state index is 0. The standard InChI is InChI=1S/C6H15B.BH3.Ti/c1-4-7(5-2)6-3;;/h4-6H2,1-3H3;1H3;. The summed E-state index contributed by atoms with van der Waals surface area (Å²) in [6, 6.07) is 0. The second kappa shape index (κ2) is 11.6. The molecule has 0 aromatic rings. The molecule has 0 fully saturated rings. The van der Waals surface area contributed by atoms with E-state index in [9.17, 15) is 0 Å². The monoisotopic (exact) mass is 160 g/mol. The van der Waals surface area contributed by atoms with Crippen molar-refractivity contribution < 1.29 is 21.7 Å². The van der Waals surface area contributed by atoms with Crippen molar-refractivity contribution in [2.45, 2.75) is 39.7 Å². The molecule has 0 atom stereocenters. The van der Waals surface area contributed by atoms with E-state index in [0.29, 0.717) is 0 Å². The van der Waals surface area contributed by atoms with Crippen LogP contribution in [0.15, 0.2) is 0 Å². The Morgan fingerprint density at radius 2 is 1.11 bits per heavy atom. The van der Waals surface area contributed by atoms with Gasteiger partial charge >= 0.3 is 0 Å². The Hall–Kier alpha value is 0.844. The maximum Gasteiger partial charge on any atom is 0.139 e. The van der Waals surface area contributed by atoms with Crippen LogP contribution >= 0.6 is 0 Å². The SMILES string of the molecule is B.CCB(CC)CC.[Ti]. The van der Waals surface area contributed by atoms with E-state index in [4.69, 9.17) is 0 Å². The van der Waals surface area contributed by atoms with Crippen molar-refractivity contribution in [2.75, 3.05) is 0 Å². The predicted octanol–water partition coefficient (Wildman–Crippen LogP) is 1.35. The van der Waals surface area contributed by atoms with Gasteiger partial charge in [-0.05, 0) is 0 Å². The molecule has 0 aliphatic carbocycles. The fraction of sp³-hybridized carbons (Fsp3) is 1.00. The Morgan fingerprint density at radius 3 is 1.11 bits per heavy atom. The maximum atomic E-state index is 2.26. The first-order valence-electron chi connectivity index (χ1n) is 3.35. The third-order valence-electron chi connectivity index (χ3n) is 1.73. The van der Waals surface area contributed by atoms with E-state index >= 15 is 0 Å². The molecule has 0 aromatic heterocycles. The Kier molecular flexibility index (Phi) is 21.2. The predicted molar refractivity (Wildman–Crippen MR) is 47.1 cm³/mol. The van der Waals surface area contributed by atoms with Gasteiger partial charge in [0.1, 0.15) is 6.71 Å². The van der Waals surface area contributed by atoms with Gasteiger partial charge in [-0.25, -0.2) is 0 Å². The molecule has 0 aromatic carbocycles. The van der Waals surface area contributed by atoms with Crippen LogP contribution < -0.4 is 0 Å². The van der Waals surface area contributed by atoms with Gasteiger partial charge in [-0.3, -0.25) is 0 Å². The van der Waals surface area contributed by atoms with Crippen LogP contribution in [0.1, 0.15) is 20.8 Å². The van der Waals surface area contributed by atoms with Crippen LogP contribution in [0.3, 0.4) is 0 Å². The molecule has 0 aliphatic heterocycles. The first kappa shape index (κ1) is 16.4. The van der Waals surface area contributed by atoms with Gasteiger partial charge in [0, 0.05) is 21.7 Å².